The number of amides is 2. The summed E-state index contributed by atoms with van der Waals surface area (Å²) in [5.74, 6) is -0.970. The number of nitrogens with one attached hydrogen (secondary N) is 3. The van der Waals surface area contributed by atoms with Crippen molar-refractivity contribution in [3.63, 3.8) is 0 Å². The number of fused-ring (bicyclic) bond motifs is 1. The minimum atomic E-state index is -0.828. The summed E-state index contributed by atoms with van der Waals surface area (Å²) in [6.45, 7) is 4.71. The first-order chi connectivity index (χ1) is 14.9. The van der Waals surface area contributed by atoms with E-state index in [0.29, 0.717) is 12.1 Å². The van der Waals surface area contributed by atoms with Crippen LogP contribution < -0.4 is 10.6 Å². The van der Waals surface area contributed by atoms with Crippen molar-refractivity contribution in [1.82, 2.24) is 25.5 Å². The van der Waals surface area contributed by atoms with Crippen LogP contribution in [-0.4, -0.2) is 52.4 Å². The molecule has 1 aromatic carbocycles. The first kappa shape index (κ1) is 22.4. The molecule has 0 aliphatic carbocycles. The van der Waals surface area contributed by atoms with Gasteiger partial charge in [0, 0.05) is 30.7 Å². The highest BCUT2D eigenvalue weighted by Gasteiger charge is 2.25. The summed E-state index contributed by atoms with van der Waals surface area (Å²) in [5, 5.41) is 6.64. The van der Waals surface area contributed by atoms with Crippen LogP contribution >= 0.6 is 0 Å². The number of nitrogens with zero attached hydrogens (tertiary/aromatic N) is 2. The first-order valence-corrected chi connectivity index (χ1v) is 10.3. The Hall–Kier alpha value is -3.26. The Bertz CT molecular complexity index is 1050. The zero-order chi connectivity index (χ0) is 22.4. The molecule has 0 radical (unpaired) electrons. The summed E-state index contributed by atoms with van der Waals surface area (Å²) in [6.07, 6.45) is 3.68. The molecule has 0 aliphatic rings. The Kier molecular flexibility index (Phi) is 7.36. The van der Waals surface area contributed by atoms with Gasteiger partial charge in [0.2, 0.25) is 11.8 Å². The van der Waals surface area contributed by atoms with Gasteiger partial charge in [0.05, 0.1) is 6.04 Å². The number of aromatic amines is 1. The third-order valence-electron chi connectivity index (χ3n) is 5.42. The van der Waals surface area contributed by atoms with Gasteiger partial charge in [-0.25, -0.2) is 9.37 Å². The van der Waals surface area contributed by atoms with E-state index in [0.717, 1.165) is 16.6 Å². The molecule has 0 fully saturated rings. The molecule has 0 spiro atoms. The lowest BCUT2D eigenvalue weighted by Crippen LogP contribution is -2.53. The number of likely N-dealkylation sites (N-methyl/N-ethyl adjacent to an activating group) is 1. The standard InChI is InChI=1S/C23H28FN5O2/c1-4-29(3)15(2)22(30)28-20(12-16-6-5-7-19(24)11-16)23(31)27-14-17-10-18-8-9-25-21(18)26-13-17/h5-11,13,15,20H,4,12,14H2,1-3H3,(H,25,26)(H,27,31)(H,28,30)/t15-,20-/m0/s1. The maximum absolute atomic E-state index is 13.6. The van der Waals surface area contributed by atoms with Crippen LogP contribution in [0.25, 0.3) is 11.0 Å². The second kappa shape index (κ2) is 10.2. The summed E-state index contributed by atoms with van der Waals surface area (Å²) in [6, 6.07) is 8.67. The maximum Gasteiger partial charge on any atom is 0.243 e. The van der Waals surface area contributed by atoms with Crippen molar-refractivity contribution < 1.29 is 14.0 Å². The SMILES string of the molecule is CCN(C)[C@@H](C)C(=O)N[C@@H](Cc1cccc(F)c1)C(=O)NCc1cnc2[nH]ccc2c1. The minimum Gasteiger partial charge on any atom is -0.350 e. The molecule has 3 aromatic rings. The van der Waals surface area contributed by atoms with Crippen molar-refractivity contribution in [2.45, 2.75) is 38.9 Å². The second-order valence-corrected chi connectivity index (χ2v) is 7.62. The molecule has 7 nitrogen and oxygen atoms in total. The Morgan fingerprint density at radius 2 is 2.00 bits per heavy atom. The molecule has 0 unspecified atom stereocenters. The van der Waals surface area contributed by atoms with Gasteiger partial charge in [0.15, 0.2) is 0 Å². The van der Waals surface area contributed by atoms with Crippen molar-refractivity contribution in [2.75, 3.05) is 13.6 Å². The number of benzene rings is 1. The van der Waals surface area contributed by atoms with E-state index >= 15 is 0 Å². The van der Waals surface area contributed by atoms with Crippen molar-refractivity contribution in [1.29, 1.82) is 0 Å². The van der Waals surface area contributed by atoms with E-state index in [4.69, 9.17) is 0 Å². The topological polar surface area (TPSA) is 90.1 Å². The van der Waals surface area contributed by atoms with Crippen LogP contribution in [0, 0.1) is 5.82 Å². The number of H-pyrrole nitrogens is 1. The zero-order valence-corrected chi connectivity index (χ0v) is 18.0. The number of carbonyl (C=O) groups is 2. The molecule has 3 N–H and O–H groups in total. The summed E-state index contributed by atoms with van der Waals surface area (Å²) >= 11 is 0. The average Bonchev–Trinajstić information content (AvgIpc) is 3.23. The molecule has 31 heavy (non-hydrogen) atoms. The van der Waals surface area contributed by atoms with Gasteiger partial charge in [-0.15, -0.1) is 0 Å². The number of rotatable bonds is 9. The first-order valence-electron chi connectivity index (χ1n) is 10.3. The van der Waals surface area contributed by atoms with Crippen molar-refractivity contribution in [2.24, 2.45) is 0 Å². The number of pyridine rings is 1. The second-order valence-electron chi connectivity index (χ2n) is 7.62. The van der Waals surface area contributed by atoms with Gasteiger partial charge in [-0.3, -0.25) is 14.5 Å². The number of aromatic nitrogens is 2. The highest BCUT2D eigenvalue weighted by atomic mass is 19.1. The Morgan fingerprint density at radius 3 is 2.74 bits per heavy atom. The molecule has 2 heterocycles. The molecule has 8 heteroatoms. The minimum absolute atomic E-state index is 0.187. The largest absolute Gasteiger partial charge is 0.350 e. The van der Waals surface area contributed by atoms with Gasteiger partial charge in [-0.2, -0.15) is 0 Å². The van der Waals surface area contributed by atoms with Gasteiger partial charge >= 0.3 is 0 Å². The fourth-order valence-corrected chi connectivity index (χ4v) is 3.27. The van der Waals surface area contributed by atoms with Gasteiger partial charge in [0.1, 0.15) is 17.5 Å². The number of hydrogen-bond acceptors (Lipinski definition) is 4. The molecule has 0 saturated heterocycles. The Balaban J connectivity index is 1.71. The van der Waals surface area contributed by atoms with E-state index in [1.807, 2.05) is 31.0 Å². The van der Waals surface area contributed by atoms with Crippen LogP contribution in [-0.2, 0) is 22.6 Å². The average molecular weight is 426 g/mol. The van der Waals surface area contributed by atoms with Crippen molar-refractivity contribution in [3.05, 3.63) is 65.7 Å². The normalized spacial score (nSPS) is 13.2. The highest BCUT2D eigenvalue weighted by Crippen LogP contribution is 2.12. The van der Waals surface area contributed by atoms with Crippen LogP contribution in [0.2, 0.25) is 0 Å². The van der Waals surface area contributed by atoms with Gasteiger partial charge in [-0.05, 0) is 55.9 Å². The molecule has 0 bridgehead atoms. The molecule has 2 aromatic heterocycles. The van der Waals surface area contributed by atoms with Gasteiger partial charge in [-0.1, -0.05) is 19.1 Å². The van der Waals surface area contributed by atoms with Gasteiger partial charge in [0.25, 0.3) is 0 Å². The van der Waals surface area contributed by atoms with E-state index in [-0.39, 0.29) is 30.6 Å². The molecule has 3 rings (SSSR count). The van der Waals surface area contributed by atoms with Crippen molar-refractivity contribution >= 4 is 22.8 Å². The van der Waals surface area contributed by atoms with E-state index in [1.54, 1.807) is 31.5 Å². The van der Waals surface area contributed by atoms with E-state index in [2.05, 4.69) is 20.6 Å². The third kappa shape index (κ3) is 5.88. The summed E-state index contributed by atoms with van der Waals surface area (Å²) < 4.78 is 13.6. The zero-order valence-electron chi connectivity index (χ0n) is 18.0. The summed E-state index contributed by atoms with van der Waals surface area (Å²) in [7, 11) is 1.84. The van der Waals surface area contributed by atoms with E-state index in [9.17, 15) is 14.0 Å². The fraction of sp³-hybridized carbons (Fsp3) is 0.348. The predicted molar refractivity (Wildman–Crippen MR) is 118 cm³/mol. The highest BCUT2D eigenvalue weighted by molar-refractivity contribution is 5.89. The molecular formula is C23H28FN5O2. The number of hydrogen-bond donors (Lipinski definition) is 3. The molecule has 2 amide bonds. The molecule has 0 saturated carbocycles. The lowest BCUT2D eigenvalue weighted by Gasteiger charge is -2.25. The van der Waals surface area contributed by atoms with Crippen LogP contribution in [0.4, 0.5) is 4.39 Å². The van der Waals surface area contributed by atoms with Crippen molar-refractivity contribution in [3.8, 4) is 0 Å². The number of carbonyl (C=O) groups excluding carboxylic acids is 2. The van der Waals surface area contributed by atoms with E-state index in [1.165, 1.54) is 12.1 Å². The third-order valence-corrected chi connectivity index (χ3v) is 5.42. The van der Waals surface area contributed by atoms with Crippen LogP contribution in [0.3, 0.4) is 0 Å². The van der Waals surface area contributed by atoms with Crippen LogP contribution in [0.5, 0.6) is 0 Å². The molecular weight excluding hydrogens is 397 g/mol. The Labute approximate surface area is 181 Å². The lowest BCUT2D eigenvalue weighted by molar-refractivity contribution is -0.131. The summed E-state index contributed by atoms with van der Waals surface area (Å²) in [5.41, 5.74) is 2.25. The molecule has 164 valence electrons. The molecule has 0 aliphatic heterocycles. The van der Waals surface area contributed by atoms with Crippen LogP contribution in [0.1, 0.15) is 25.0 Å². The smallest absolute Gasteiger partial charge is 0.243 e. The summed E-state index contributed by atoms with van der Waals surface area (Å²) in [4.78, 5) is 34.9. The monoisotopic (exact) mass is 425 g/mol. The van der Waals surface area contributed by atoms with Gasteiger partial charge < -0.3 is 15.6 Å². The molecule has 2 atom stereocenters. The maximum atomic E-state index is 13.6. The Morgan fingerprint density at radius 1 is 1.19 bits per heavy atom. The fourth-order valence-electron chi connectivity index (χ4n) is 3.27. The quantitative estimate of drug-likeness (QED) is 0.491. The van der Waals surface area contributed by atoms with Crippen LogP contribution in [0.15, 0.2) is 48.8 Å². The predicted octanol–water partition coefficient (Wildman–Crippen LogP) is 2.39. The van der Waals surface area contributed by atoms with E-state index < -0.39 is 12.1 Å². The lowest BCUT2D eigenvalue weighted by atomic mass is 10.0. The number of halogens is 1.